The number of rotatable bonds is 5. The number of halogens is 2. The van der Waals surface area contributed by atoms with Gasteiger partial charge < -0.3 is 5.32 Å². The van der Waals surface area contributed by atoms with Crippen LogP contribution in [0.4, 0.5) is 4.39 Å². The molecular weight excluding hydrogens is 241 g/mol. The molecule has 0 saturated heterocycles. The minimum atomic E-state index is -0.434. The lowest BCUT2D eigenvalue weighted by Gasteiger charge is -2.07. The van der Waals surface area contributed by atoms with E-state index in [0.29, 0.717) is 23.0 Å². The molecule has 94 valence electrons. The Hall–Kier alpha value is -1.09. The molecule has 0 aliphatic heterocycles. The highest BCUT2D eigenvalue weighted by atomic mass is 35.5. The zero-order chi connectivity index (χ0) is 12.8. The molecule has 0 unspecified atom stereocenters. The molecular formula is C13H17ClFNO. The highest BCUT2D eigenvalue weighted by Gasteiger charge is 2.08. The van der Waals surface area contributed by atoms with Crippen molar-refractivity contribution in [2.75, 3.05) is 6.54 Å². The Kier molecular flexibility index (Phi) is 5.42. The fourth-order valence-corrected chi connectivity index (χ4v) is 1.56. The zero-order valence-corrected chi connectivity index (χ0v) is 10.9. The van der Waals surface area contributed by atoms with Gasteiger partial charge in [0.05, 0.1) is 6.42 Å². The maximum Gasteiger partial charge on any atom is 0.224 e. The summed E-state index contributed by atoms with van der Waals surface area (Å²) in [6.45, 7) is 4.81. The number of amides is 1. The fourth-order valence-electron chi connectivity index (χ4n) is 1.40. The molecule has 0 radical (unpaired) electrons. The second-order valence-corrected chi connectivity index (χ2v) is 4.88. The average molecular weight is 258 g/mol. The highest BCUT2D eigenvalue weighted by molar-refractivity contribution is 6.30. The molecule has 1 N–H and O–H groups in total. The van der Waals surface area contributed by atoms with Crippen LogP contribution in [0.1, 0.15) is 25.8 Å². The molecule has 0 saturated carbocycles. The predicted molar refractivity (Wildman–Crippen MR) is 67.6 cm³/mol. The summed E-state index contributed by atoms with van der Waals surface area (Å²) in [5.41, 5.74) is 0.372. The molecule has 2 nitrogen and oxygen atoms in total. The third-order valence-electron chi connectivity index (χ3n) is 2.41. The van der Waals surface area contributed by atoms with Crippen LogP contribution in [0.3, 0.4) is 0 Å². The first-order chi connectivity index (χ1) is 7.99. The molecule has 1 rings (SSSR count). The topological polar surface area (TPSA) is 29.1 Å². The summed E-state index contributed by atoms with van der Waals surface area (Å²) < 4.78 is 13.4. The van der Waals surface area contributed by atoms with Gasteiger partial charge in [-0.1, -0.05) is 31.5 Å². The molecule has 0 aromatic heterocycles. The van der Waals surface area contributed by atoms with Crippen molar-refractivity contribution in [3.05, 3.63) is 34.6 Å². The Balaban J connectivity index is 2.45. The number of hydrogen-bond acceptors (Lipinski definition) is 1. The Bertz CT molecular complexity index is 393. The SMILES string of the molecule is CC(C)CCNC(=O)Cc1ccc(Cl)cc1F. The van der Waals surface area contributed by atoms with Crippen LogP contribution in [-0.4, -0.2) is 12.5 Å². The number of carbonyl (C=O) groups is 1. The number of nitrogens with one attached hydrogen (secondary N) is 1. The Morgan fingerprint density at radius 1 is 1.47 bits per heavy atom. The normalized spacial score (nSPS) is 10.6. The van der Waals surface area contributed by atoms with Crippen LogP contribution in [0.5, 0.6) is 0 Å². The van der Waals surface area contributed by atoms with Crippen molar-refractivity contribution in [1.29, 1.82) is 0 Å². The Morgan fingerprint density at radius 2 is 2.18 bits per heavy atom. The summed E-state index contributed by atoms with van der Waals surface area (Å²) in [5, 5.41) is 3.11. The minimum absolute atomic E-state index is 0.0566. The maximum atomic E-state index is 13.4. The number of hydrogen-bond donors (Lipinski definition) is 1. The smallest absolute Gasteiger partial charge is 0.224 e. The van der Waals surface area contributed by atoms with Crippen LogP contribution in [0, 0.1) is 11.7 Å². The summed E-state index contributed by atoms with van der Waals surface area (Å²) in [6.07, 6.45) is 0.982. The molecule has 4 heteroatoms. The zero-order valence-electron chi connectivity index (χ0n) is 10.1. The Labute approximate surface area is 106 Å². The maximum absolute atomic E-state index is 13.4. The van der Waals surface area contributed by atoms with Crippen LogP contribution in [0.15, 0.2) is 18.2 Å². The molecule has 0 aliphatic rings. The van der Waals surface area contributed by atoms with Crippen LogP contribution in [-0.2, 0) is 11.2 Å². The van der Waals surface area contributed by atoms with Crippen molar-refractivity contribution in [2.24, 2.45) is 5.92 Å². The van der Waals surface area contributed by atoms with Crippen LogP contribution in [0.25, 0.3) is 0 Å². The predicted octanol–water partition coefficient (Wildman–Crippen LogP) is 3.18. The van der Waals surface area contributed by atoms with Gasteiger partial charge in [0.25, 0.3) is 0 Å². The lowest BCUT2D eigenvalue weighted by molar-refractivity contribution is -0.120. The van der Waals surface area contributed by atoms with E-state index in [1.807, 2.05) is 0 Å². The molecule has 1 amide bonds. The first-order valence-corrected chi connectivity index (χ1v) is 6.07. The van der Waals surface area contributed by atoms with Gasteiger partial charge in [0.2, 0.25) is 5.91 Å². The molecule has 0 spiro atoms. The minimum Gasteiger partial charge on any atom is -0.356 e. The summed E-state index contributed by atoms with van der Waals surface area (Å²) in [7, 11) is 0. The van der Waals surface area contributed by atoms with E-state index in [4.69, 9.17) is 11.6 Å². The first kappa shape index (κ1) is 14.0. The molecule has 0 atom stereocenters. The van der Waals surface area contributed by atoms with E-state index in [1.54, 1.807) is 12.1 Å². The second kappa shape index (κ2) is 6.60. The van der Waals surface area contributed by atoms with Crippen molar-refractivity contribution >= 4 is 17.5 Å². The third kappa shape index (κ3) is 5.18. The summed E-state index contributed by atoms with van der Waals surface area (Å²) in [5.74, 6) is -0.0500. The Morgan fingerprint density at radius 3 is 2.76 bits per heavy atom. The van der Waals surface area contributed by atoms with E-state index in [9.17, 15) is 9.18 Å². The van der Waals surface area contributed by atoms with Gasteiger partial charge in [0, 0.05) is 11.6 Å². The molecule has 17 heavy (non-hydrogen) atoms. The van der Waals surface area contributed by atoms with Gasteiger partial charge in [-0.05, 0) is 30.0 Å². The molecule has 0 aliphatic carbocycles. The number of carbonyl (C=O) groups excluding carboxylic acids is 1. The van der Waals surface area contributed by atoms with E-state index >= 15 is 0 Å². The van der Waals surface area contributed by atoms with Crippen molar-refractivity contribution in [3.8, 4) is 0 Å². The summed E-state index contributed by atoms with van der Waals surface area (Å²) in [4.78, 5) is 11.5. The lowest BCUT2D eigenvalue weighted by Crippen LogP contribution is -2.27. The van der Waals surface area contributed by atoms with Gasteiger partial charge in [-0.3, -0.25) is 4.79 Å². The summed E-state index contributed by atoms with van der Waals surface area (Å²) in [6, 6.07) is 4.35. The highest BCUT2D eigenvalue weighted by Crippen LogP contribution is 2.14. The van der Waals surface area contributed by atoms with Gasteiger partial charge in [-0.15, -0.1) is 0 Å². The van der Waals surface area contributed by atoms with E-state index < -0.39 is 5.82 Å². The van der Waals surface area contributed by atoms with Gasteiger partial charge >= 0.3 is 0 Å². The van der Waals surface area contributed by atoms with Crippen molar-refractivity contribution < 1.29 is 9.18 Å². The number of benzene rings is 1. The van der Waals surface area contributed by atoms with Crippen molar-refractivity contribution in [1.82, 2.24) is 5.32 Å². The monoisotopic (exact) mass is 257 g/mol. The standard InChI is InChI=1S/C13H17ClFNO/c1-9(2)5-6-16-13(17)7-10-3-4-11(14)8-12(10)15/h3-4,8-9H,5-7H2,1-2H3,(H,16,17). The van der Waals surface area contributed by atoms with Crippen LogP contribution < -0.4 is 5.32 Å². The summed E-state index contributed by atoms with van der Waals surface area (Å²) >= 11 is 5.63. The molecule has 1 aromatic rings. The molecule has 0 fully saturated rings. The molecule has 1 aromatic carbocycles. The first-order valence-electron chi connectivity index (χ1n) is 5.69. The van der Waals surface area contributed by atoms with Crippen LogP contribution >= 0.6 is 11.6 Å². The average Bonchev–Trinajstić information content (AvgIpc) is 2.21. The van der Waals surface area contributed by atoms with Crippen molar-refractivity contribution in [2.45, 2.75) is 26.7 Å². The van der Waals surface area contributed by atoms with E-state index in [1.165, 1.54) is 6.07 Å². The van der Waals surface area contributed by atoms with Crippen LogP contribution in [0.2, 0.25) is 5.02 Å². The molecule has 0 bridgehead atoms. The van der Waals surface area contributed by atoms with Gasteiger partial charge in [0.1, 0.15) is 5.82 Å². The van der Waals surface area contributed by atoms with E-state index in [0.717, 1.165) is 6.42 Å². The van der Waals surface area contributed by atoms with Gasteiger partial charge in [-0.2, -0.15) is 0 Å². The largest absolute Gasteiger partial charge is 0.356 e. The fraction of sp³-hybridized carbons (Fsp3) is 0.462. The van der Waals surface area contributed by atoms with Crippen molar-refractivity contribution in [3.63, 3.8) is 0 Å². The lowest BCUT2D eigenvalue weighted by atomic mass is 10.1. The van der Waals surface area contributed by atoms with E-state index in [-0.39, 0.29) is 12.3 Å². The van der Waals surface area contributed by atoms with Gasteiger partial charge in [-0.25, -0.2) is 4.39 Å². The molecule has 0 heterocycles. The van der Waals surface area contributed by atoms with E-state index in [2.05, 4.69) is 19.2 Å². The second-order valence-electron chi connectivity index (χ2n) is 4.44. The van der Waals surface area contributed by atoms with Gasteiger partial charge in [0.15, 0.2) is 0 Å². The third-order valence-corrected chi connectivity index (χ3v) is 2.65. The quantitative estimate of drug-likeness (QED) is 0.862.